The van der Waals surface area contributed by atoms with Crippen molar-refractivity contribution in [2.24, 2.45) is 5.73 Å². The Kier molecular flexibility index (Phi) is 6.76. The molecule has 0 aliphatic heterocycles. The molecule has 4 rings (SSSR count). The molecule has 1 atom stereocenters. The van der Waals surface area contributed by atoms with E-state index in [2.05, 4.69) is 103 Å². The standard InChI is InChI=1S/C28H27NOS/c1-30-26-19-17-22(18-20-26)27(29)21-31-28(23-11-5-2-6-12-23,24-13-7-3-8-14-24)25-15-9-4-10-16-25/h2-20,27H,21,29H2,1H3. The van der Waals surface area contributed by atoms with Gasteiger partial charge in [0, 0.05) is 11.8 Å². The smallest absolute Gasteiger partial charge is 0.118 e. The molecule has 4 aromatic carbocycles. The average Bonchev–Trinajstić information content (AvgIpc) is 2.86. The Hall–Kier alpha value is -3.01. The second-order valence-corrected chi connectivity index (χ2v) is 8.70. The zero-order chi connectivity index (χ0) is 21.5. The van der Waals surface area contributed by atoms with Crippen molar-refractivity contribution in [3.8, 4) is 5.75 Å². The van der Waals surface area contributed by atoms with Gasteiger partial charge in [0.15, 0.2) is 0 Å². The van der Waals surface area contributed by atoms with Gasteiger partial charge in [0.05, 0.1) is 11.9 Å². The summed E-state index contributed by atoms with van der Waals surface area (Å²) in [4.78, 5) is 0. The van der Waals surface area contributed by atoms with E-state index < -0.39 is 0 Å². The van der Waals surface area contributed by atoms with Crippen LogP contribution in [0, 0.1) is 0 Å². The molecule has 1 unspecified atom stereocenters. The number of hydrogen-bond acceptors (Lipinski definition) is 3. The molecule has 0 amide bonds. The maximum absolute atomic E-state index is 6.67. The predicted octanol–water partition coefficient (Wildman–Crippen LogP) is 6.42. The van der Waals surface area contributed by atoms with E-state index in [9.17, 15) is 0 Å². The van der Waals surface area contributed by atoms with Crippen molar-refractivity contribution in [2.45, 2.75) is 10.8 Å². The Morgan fingerprint density at radius 1 is 0.677 bits per heavy atom. The number of benzene rings is 4. The van der Waals surface area contributed by atoms with Crippen LogP contribution < -0.4 is 10.5 Å². The second-order valence-electron chi connectivity index (χ2n) is 7.47. The molecule has 0 spiro atoms. The highest BCUT2D eigenvalue weighted by atomic mass is 32.2. The van der Waals surface area contributed by atoms with Crippen molar-refractivity contribution in [3.63, 3.8) is 0 Å². The minimum Gasteiger partial charge on any atom is -0.497 e. The third-order valence-electron chi connectivity index (χ3n) is 5.56. The Labute approximate surface area is 189 Å². The average molecular weight is 426 g/mol. The quantitative estimate of drug-likeness (QED) is 0.331. The summed E-state index contributed by atoms with van der Waals surface area (Å²) in [6.07, 6.45) is 0. The molecule has 4 aromatic rings. The Bertz CT molecular complexity index is 970. The highest BCUT2D eigenvalue weighted by Crippen LogP contribution is 2.49. The molecule has 2 N–H and O–H groups in total. The van der Waals surface area contributed by atoms with Crippen molar-refractivity contribution in [2.75, 3.05) is 12.9 Å². The summed E-state index contributed by atoms with van der Waals surface area (Å²) in [7, 11) is 1.68. The van der Waals surface area contributed by atoms with Crippen LogP contribution in [0.5, 0.6) is 5.75 Å². The van der Waals surface area contributed by atoms with Crippen LogP contribution in [-0.2, 0) is 4.75 Å². The molecule has 0 bridgehead atoms. The van der Waals surface area contributed by atoms with E-state index in [0.29, 0.717) is 0 Å². The third-order valence-corrected chi connectivity index (χ3v) is 7.23. The van der Waals surface area contributed by atoms with Crippen LogP contribution in [0.4, 0.5) is 0 Å². The molecule has 0 heterocycles. The minimum absolute atomic E-state index is 0.0913. The van der Waals surface area contributed by atoms with Gasteiger partial charge in [0.25, 0.3) is 0 Å². The van der Waals surface area contributed by atoms with Crippen LogP contribution in [-0.4, -0.2) is 12.9 Å². The predicted molar refractivity (Wildman–Crippen MR) is 132 cm³/mol. The van der Waals surface area contributed by atoms with E-state index in [-0.39, 0.29) is 10.8 Å². The largest absolute Gasteiger partial charge is 0.497 e. The first kappa shape index (κ1) is 21.2. The van der Waals surface area contributed by atoms with Gasteiger partial charge in [-0.25, -0.2) is 0 Å². The summed E-state index contributed by atoms with van der Waals surface area (Å²) >= 11 is 1.88. The van der Waals surface area contributed by atoms with Crippen LogP contribution in [0.15, 0.2) is 115 Å². The zero-order valence-corrected chi connectivity index (χ0v) is 18.5. The maximum Gasteiger partial charge on any atom is 0.118 e. The van der Waals surface area contributed by atoms with Crippen molar-refractivity contribution in [1.29, 1.82) is 0 Å². The molecular formula is C28H27NOS. The number of methoxy groups -OCH3 is 1. The number of ether oxygens (including phenoxy) is 1. The fourth-order valence-corrected chi connectivity index (χ4v) is 5.46. The number of rotatable bonds is 8. The lowest BCUT2D eigenvalue weighted by atomic mass is 9.84. The molecular weight excluding hydrogens is 398 g/mol. The van der Waals surface area contributed by atoms with Crippen molar-refractivity contribution in [1.82, 2.24) is 0 Å². The fourth-order valence-electron chi connectivity index (χ4n) is 3.93. The molecule has 0 saturated carbocycles. The lowest BCUT2D eigenvalue weighted by molar-refractivity contribution is 0.414. The van der Waals surface area contributed by atoms with Gasteiger partial charge in [0.2, 0.25) is 0 Å². The first-order valence-corrected chi connectivity index (χ1v) is 11.4. The summed E-state index contributed by atoms with van der Waals surface area (Å²) in [5, 5.41) is 0. The van der Waals surface area contributed by atoms with E-state index in [1.807, 2.05) is 23.9 Å². The van der Waals surface area contributed by atoms with Gasteiger partial charge in [-0.1, -0.05) is 103 Å². The SMILES string of the molecule is COc1ccc(C(N)CSC(c2ccccc2)(c2ccccc2)c2ccccc2)cc1. The second kappa shape index (κ2) is 9.86. The summed E-state index contributed by atoms with van der Waals surface area (Å²) in [5.41, 5.74) is 11.5. The first-order chi connectivity index (χ1) is 15.2. The summed E-state index contributed by atoms with van der Waals surface area (Å²) in [6, 6.07) is 40.1. The van der Waals surface area contributed by atoms with Gasteiger partial charge in [-0.15, -0.1) is 11.8 Å². The van der Waals surface area contributed by atoms with Crippen LogP contribution in [0.3, 0.4) is 0 Å². The van der Waals surface area contributed by atoms with Crippen molar-refractivity contribution in [3.05, 3.63) is 138 Å². The van der Waals surface area contributed by atoms with E-state index >= 15 is 0 Å². The van der Waals surface area contributed by atoms with Gasteiger partial charge >= 0.3 is 0 Å². The molecule has 0 aromatic heterocycles. The molecule has 0 radical (unpaired) electrons. The van der Waals surface area contributed by atoms with E-state index in [4.69, 9.17) is 10.5 Å². The molecule has 31 heavy (non-hydrogen) atoms. The molecule has 3 heteroatoms. The van der Waals surface area contributed by atoms with Crippen LogP contribution in [0.1, 0.15) is 28.3 Å². The highest BCUT2D eigenvalue weighted by Gasteiger charge is 2.37. The molecule has 0 saturated heterocycles. The number of hydrogen-bond donors (Lipinski definition) is 1. The van der Waals surface area contributed by atoms with Gasteiger partial charge in [0.1, 0.15) is 5.75 Å². The van der Waals surface area contributed by atoms with Crippen LogP contribution in [0.25, 0.3) is 0 Å². The van der Waals surface area contributed by atoms with E-state index in [0.717, 1.165) is 17.1 Å². The van der Waals surface area contributed by atoms with Crippen LogP contribution in [0.2, 0.25) is 0 Å². The normalized spacial score (nSPS) is 12.3. The van der Waals surface area contributed by atoms with Gasteiger partial charge in [-0.2, -0.15) is 0 Å². The summed E-state index contributed by atoms with van der Waals surface area (Å²) in [5.74, 6) is 1.61. The summed E-state index contributed by atoms with van der Waals surface area (Å²) in [6.45, 7) is 0. The Morgan fingerprint density at radius 3 is 1.48 bits per heavy atom. The Morgan fingerprint density at radius 2 is 1.10 bits per heavy atom. The lowest BCUT2D eigenvalue weighted by Gasteiger charge is -2.36. The topological polar surface area (TPSA) is 35.2 Å². The van der Waals surface area contributed by atoms with Crippen molar-refractivity contribution < 1.29 is 4.74 Å². The van der Waals surface area contributed by atoms with E-state index in [1.165, 1.54) is 16.7 Å². The Balaban J connectivity index is 1.76. The van der Waals surface area contributed by atoms with Gasteiger partial charge in [-0.3, -0.25) is 0 Å². The third kappa shape index (κ3) is 4.53. The molecule has 0 aliphatic carbocycles. The number of thioether (sulfide) groups is 1. The molecule has 0 aliphatic rings. The molecule has 156 valence electrons. The highest BCUT2D eigenvalue weighted by molar-refractivity contribution is 8.00. The fraction of sp³-hybridized carbons (Fsp3) is 0.143. The van der Waals surface area contributed by atoms with Crippen LogP contribution >= 0.6 is 11.8 Å². The van der Waals surface area contributed by atoms with E-state index in [1.54, 1.807) is 7.11 Å². The van der Waals surface area contributed by atoms with Gasteiger partial charge < -0.3 is 10.5 Å². The van der Waals surface area contributed by atoms with Gasteiger partial charge in [-0.05, 0) is 34.4 Å². The number of nitrogens with two attached hydrogens (primary N) is 1. The lowest BCUT2D eigenvalue weighted by Crippen LogP contribution is -2.28. The van der Waals surface area contributed by atoms with Crippen molar-refractivity contribution >= 4 is 11.8 Å². The monoisotopic (exact) mass is 425 g/mol. The first-order valence-electron chi connectivity index (χ1n) is 10.4. The minimum atomic E-state index is -0.353. The summed E-state index contributed by atoms with van der Waals surface area (Å²) < 4.78 is 4.94. The molecule has 0 fully saturated rings. The zero-order valence-electron chi connectivity index (χ0n) is 17.6. The molecule has 2 nitrogen and oxygen atoms in total. The maximum atomic E-state index is 6.67.